The van der Waals surface area contributed by atoms with Gasteiger partial charge in [-0.25, -0.2) is 14.4 Å². The van der Waals surface area contributed by atoms with E-state index in [2.05, 4.69) is 6.92 Å². The fourth-order valence-electron chi connectivity index (χ4n) is 12.1. The first-order chi connectivity index (χ1) is 29.4. The molecule has 0 aromatic heterocycles. The summed E-state index contributed by atoms with van der Waals surface area (Å²) in [4.78, 5) is 80.3. The summed E-state index contributed by atoms with van der Waals surface area (Å²) in [5.74, 6) is -2.65. The zero-order valence-electron chi connectivity index (χ0n) is 34.0. The molecule has 5 aliphatic rings. The standard InChI is InChI=1S/C51H48O10/c1-48-24-21-41-42(51(48,58)27-23-40(48)38-28-43(53)59-30-38)22-26-50(61-47(57)37-18-14-35(15-19-37)45(55)33-10-6-3-7-11-33)29-39(20-25-49(41,50)31-52)60-46(56)36-16-12-34(13-17-36)44(54)32-8-4-2-5-9-32/h2-19,28,31,39-42,58H,20-27,29-30H2,1H3/t39-,40+,41-,42+,48+,49-,50-,51-/m0/s1. The van der Waals surface area contributed by atoms with E-state index in [9.17, 15) is 33.9 Å². The summed E-state index contributed by atoms with van der Waals surface area (Å²) in [6.45, 7) is 2.32. The molecule has 61 heavy (non-hydrogen) atoms. The van der Waals surface area contributed by atoms with Crippen LogP contribution in [0.3, 0.4) is 0 Å². The quantitative estimate of drug-likeness (QED) is 0.0720. The number of hydrogen-bond acceptors (Lipinski definition) is 10. The van der Waals surface area contributed by atoms with Crippen molar-refractivity contribution in [3.63, 3.8) is 0 Å². The van der Waals surface area contributed by atoms with Gasteiger partial charge in [-0.05, 0) is 99.0 Å². The Labute approximate surface area is 354 Å². The number of hydrogen-bond donors (Lipinski definition) is 1. The second-order valence-electron chi connectivity index (χ2n) is 17.9. The predicted molar refractivity (Wildman–Crippen MR) is 223 cm³/mol. The van der Waals surface area contributed by atoms with E-state index in [0.717, 1.165) is 11.9 Å². The van der Waals surface area contributed by atoms with Crippen molar-refractivity contribution in [2.45, 2.75) is 82.0 Å². The van der Waals surface area contributed by atoms with Crippen LogP contribution in [-0.4, -0.2) is 64.8 Å². The lowest BCUT2D eigenvalue weighted by molar-refractivity contribution is -0.247. The number of ether oxygens (including phenoxy) is 3. The summed E-state index contributed by atoms with van der Waals surface area (Å²) in [6.07, 6.45) is 5.58. The number of carbonyl (C=O) groups is 6. The zero-order chi connectivity index (χ0) is 42.6. The van der Waals surface area contributed by atoms with Crippen LogP contribution >= 0.6 is 0 Å². The van der Waals surface area contributed by atoms with Crippen LogP contribution in [0.5, 0.6) is 0 Å². The summed E-state index contributed by atoms with van der Waals surface area (Å²) in [7, 11) is 0. The van der Waals surface area contributed by atoms with Gasteiger partial charge in [0.25, 0.3) is 0 Å². The van der Waals surface area contributed by atoms with Crippen LogP contribution in [0.4, 0.5) is 0 Å². The number of benzene rings is 4. The molecule has 1 heterocycles. The number of ketones is 2. The Morgan fingerprint density at radius 1 is 0.656 bits per heavy atom. The molecule has 0 amide bonds. The molecule has 0 spiro atoms. The van der Waals surface area contributed by atoms with E-state index in [-0.39, 0.29) is 72.3 Å². The van der Waals surface area contributed by atoms with Gasteiger partial charge in [-0.3, -0.25) is 9.59 Å². The maximum absolute atomic E-state index is 14.3. The molecule has 0 unspecified atom stereocenters. The fraction of sp³-hybridized carbons (Fsp3) is 0.373. The van der Waals surface area contributed by atoms with Crippen LogP contribution in [0.1, 0.15) is 117 Å². The lowest BCUT2D eigenvalue weighted by atomic mass is 9.41. The third-order valence-corrected chi connectivity index (χ3v) is 15.2. The molecule has 0 bridgehead atoms. The number of rotatable bonds is 10. The van der Waals surface area contributed by atoms with Crippen molar-refractivity contribution in [1.29, 1.82) is 0 Å². The third-order valence-electron chi connectivity index (χ3n) is 15.2. The molecule has 0 radical (unpaired) electrons. The first-order valence-electron chi connectivity index (χ1n) is 21.3. The molecular formula is C51H48O10. The highest BCUT2D eigenvalue weighted by Crippen LogP contribution is 2.71. The summed E-state index contributed by atoms with van der Waals surface area (Å²) in [5.41, 5.74) is -1.02. The number of aldehydes is 1. The van der Waals surface area contributed by atoms with Gasteiger partial charge in [-0.1, -0.05) is 91.9 Å². The predicted octanol–water partition coefficient (Wildman–Crippen LogP) is 8.09. The topological polar surface area (TPSA) is 150 Å². The van der Waals surface area contributed by atoms with E-state index in [4.69, 9.17) is 14.2 Å². The van der Waals surface area contributed by atoms with E-state index >= 15 is 0 Å². The highest BCUT2D eigenvalue weighted by Gasteiger charge is 2.73. The Kier molecular flexibility index (Phi) is 10.3. The van der Waals surface area contributed by atoms with Crippen molar-refractivity contribution in [2.75, 3.05) is 6.61 Å². The highest BCUT2D eigenvalue weighted by molar-refractivity contribution is 6.10. The molecule has 4 saturated carbocycles. The second-order valence-corrected chi connectivity index (χ2v) is 17.9. The van der Waals surface area contributed by atoms with Gasteiger partial charge in [-0.2, -0.15) is 0 Å². The normalized spacial score (nSPS) is 31.3. The molecule has 4 fully saturated rings. The van der Waals surface area contributed by atoms with Gasteiger partial charge in [-0.15, -0.1) is 0 Å². The first kappa shape index (κ1) is 40.4. The van der Waals surface area contributed by atoms with Gasteiger partial charge in [0.15, 0.2) is 11.6 Å². The molecule has 9 rings (SSSR count). The van der Waals surface area contributed by atoms with Crippen molar-refractivity contribution in [1.82, 2.24) is 0 Å². The molecule has 1 N–H and O–H groups in total. The van der Waals surface area contributed by atoms with E-state index in [1.165, 1.54) is 0 Å². The Bertz CT molecular complexity index is 2420. The lowest BCUT2D eigenvalue weighted by Gasteiger charge is -2.65. The fourth-order valence-corrected chi connectivity index (χ4v) is 12.1. The van der Waals surface area contributed by atoms with E-state index in [0.29, 0.717) is 60.8 Å². The van der Waals surface area contributed by atoms with E-state index in [1.54, 1.807) is 103 Å². The minimum absolute atomic E-state index is 0.0426. The van der Waals surface area contributed by atoms with Crippen LogP contribution in [0.2, 0.25) is 0 Å². The van der Waals surface area contributed by atoms with Crippen LogP contribution in [0, 0.1) is 28.6 Å². The lowest BCUT2D eigenvalue weighted by Crippen LogP contribution is -2.70. The number of esters is 3. The van der Waals surface area contributed by atoms with Crippen LogP contribution in [0.15, 0.2) is 121 Å². The average molecular weight is 821 g/mol. The Hall–Kier alpha value is -6.00. The highest BCUT2D eigenvalue weighted by atomic mass is 16.6. The summed E-state index contributed by atoms with van der Waals surface area (Å²) < 4.78 is 18.1. The molecule has 4 aliphatic carbocycles. The molecule has 4 aromatic rings. The minimum Gasteiger partial charge on any atom is -0.459 e. The number of cyclic esters (lactones) is 1. The molecule has 0 saturated heterocycles. The largest absolute Gasteiger partial charge is 0.459 e. The second kappa shape index (κ2) is 15.5. The molecule has 312 valence electrons. The van der Waals surface area contributed by atoms with Crippen LogP contribution in [0.25, 0.3) is 0 Å². The van der Waals surface area contributed by atoms with E-state index in [1.807, 2.05) is 12.1 Å². The van der Waals surface area contributed by atoms with Gasteiger partial charge >= 0.3 is 17.9 Å². The van der Waals surface area contributed by atoms with Crippen LogP contribution in [-0.2, 0) is 23.8 Å². The van der Waals surface area contributed by atoms with Crippen molar-refractivity contribution in [2.24, 2.45) is 28.6 Å². The minimum atomic E-state index is -1.38. The summed E-state index contributed by atoms with van der Waals surface area (Å²) in [6, 6.07) is 30.3. The van der Waals surface area contributed by atoms with Gasteiger partial charge in [0.1, 0.15) is 24.6 Å². The number of aliphatic hydroxyl groups is 1. The Morgan fingerprint density at radius 2 is 1.20 bits per heavy atom. The van der Waals surface area contributed by atoms with Crippen molar-refractivity contribution in [3.8, 4) is 0 Å². The maximum Gasteiger partial charge on any atom is 0.338 e. The van der Waals surface area contributed by atoms with E-state index < -0.39 is 40.1 Å². The Balaban J connectivity index is 1.00. The summed E-state index contributed by atoms with van der Waals surface area (Å²) >= 11 is 0. The molecule has 10 nitrogen and oxygen atoms in total. The summed E-state index contributed by atoms with van der Waals surface area (Å²) in [5, 5.41) is 12.9. The van der Waals surface area contributed by atoms with Crippen molar-refractivity contribution < 1.29 is 48.1 Å². The first-order valence-corrected chi connectivity index (χ1v) is 21.3. The smallest absolute Gasteiger partial charge is 0.338 e. The van der Waals surface area contributed by atoms with Crippen LogP contribution < -0.4 is 0 Å². The molecule has 8 atom stereocenters. The third kappa shape index (κ3) is 6.67. The SMILES string of the molecule is C[C@]12CC[C@H]3[C@@H](CC[C@]4(OC(=O)c5ccc(C(=O)c6ccccc6)cc5)C[C@@H](OC(=O)c5ccc(C(=O)c6ccccc6)cc5)CC[C@]34C=O)[C@@]1(O)CC[C@@H]2C1=CC(=O)OC1. The average Bonchev–Trinajstić information content (AvgIpc) is 3.85. The molecule has 1 aliphatic heterocycles. The van der Waals surface area contributed by atoms with Crippen molar-refractivity contribution in [3.05, 3.63) is 154 Å². The molecular weight excluding hydrogens is 773 g/mol. The monoisotopic (exact) mass is 820 g/mol. The molecule has 10 heteroatoms. The van der Waals surface area contributed by atoms with Gasteiger partial charge < -0.3 is 24.1 Å². The number of fused-ring (bicyclic) bond motifs is 5. The van der Waals surface area contributed by atoms with Gasteiger partial charge in [0, 0.05) is 40.2 Å². The molecule has 4 aromatic carbocycles. The van der Waals surface area contributed by atoms with Gasteiger partial charge in [0.2, 0.25) is 0 Å². The number of carbonyl (C=O) groups excluding carboxylic acids is 6. The Morgan fingerprint density at radius 3 is 1.75 bits per heavy atom. The van der Waals surface area contributed by atoms with Crippen molar-refractivity contribution >= 4 is 35.8 Å². The maximum atomic E-state index is 14.3. The zero-order valence-corrected chi connectivity index (χ0v) is 34.0. The van der Waals surface area contributed by atoms with Gasteiger partial charge in [0.05, 0.1) is 22.1 Å².